The molecule has 6 heteroatoms. The molecule has 0 N–H and O–H groups in total. The van der Waals surface area contributed by atoms with Crippen molar-refractivity contribution in [1.29, 1.82) is 0 Å². The van der Waals surface area contributed by atoms with Crippen molar-refractivity contribution >= 4 is 60.6 Å². The number of pyridine rings is 1. The van der Waals surface area contributed by atoms with Crippen molar-refractivity contribution in [2.24, 2.45) is 0 Å². The highest BCUT2D eigenvalue weighted by molar-refractivity contribution is 9.10. The lowest BCUT2D eigenvalue weighted by Gasteiger charge is -2.20. The summed E-state index contributed by atoms with van der Waals surface area (Å²) in [6.07, 6.45) is 1.80. The van der Waals surface area contributed by atoms with Crippen LogP contribution in [0.15, 0.2) is 32.7 Å². The van der Waals surface area contributed by atoms with Crippen LogP contribution < -0.4 is 4.90 Å². The van der Waals surface area contributed by atoms with Crippen molar-refractivity contribution < 1.29 is 0 Å². The topological polar surface area (TPSA) is 16.1 Å². The fourth-order valence-electron chi connectivity index (χ4n) is 1.66. The fraction of sp³-hybridized carbons (Fsp3) is 0.250. The Bertz CT molecular complexity index is 545. The molecule has 0 radical (unpaired) electrons. The maximum Gasteiger partial charge on any atom is 0.133 e. The predicted molar refractivity (Wildman–Crippen MR) is 85.6 cm³/mol. The number of hydrogen-bond acceptors (Lipinski definition) is 3. The van der Waals surface area contributed by atoms with Gasteiger partial charge in [0.15, 0.2) is 0 Å². The Morgan fingerprint density at radius 3 is 2.72 bits per heavy atom. The predicted octanol–water partition coefficient (Wildman–Crippen LogP) is 5.04. The molecule has 0 atom stereocenters. The fourth-order valence-corrected chi connectivity index (χ4v) is 3.74. The van der Waals surface area contributed by atoms with E-state index in [1.807, 2.05) is 13.1 Å². The number of hydrogen-bond donors (Lipinski definition) is 0. The number of aromatic nitrogens is 1. The highest BCUT2D eigenvalue weighted by Gasteiger charge is 2.10. The largest absolute Gasteiger partial charge is 0.354 e. The molecule has 0 saturated carbocycles. The molecule has 2 aromatic rings. The van der Waals surface area contributed by atoms with Crippen LogP contribution in [0, 0.1) is 0 Å². The van der Waals surface area contributed by atoms with Gasteiger partial charge in [-0.2, -0.15) is 0 Å². The van der Waals surface area contributed by atoms with E-state index in [9.17, 15) is 0 Å². The van der Waals surface area contributed by atoms with Gasteiger partial charge in [-0.3, -0.25) is 0 Å². The molecule has 0 aliphatic carbocycles. The Balaban J connectivity index is 2.20. The Morgan fingerprint density at radius 2 is 2.11 bits per heavy atom. The van der Waals surface area contributed by atoms with Crippen LogP contribution in [0.2, 0.25) is 0 Å². The van der Waals surface area contributed by atoms with E-state index in [0.29, 0.717) is 5.88 Å². The minimum atomic E-state index is 0.459. The second-order valence-corrected chi connectivity index (χ2v) is 6.95. The van der Waals surface area contributed by atoms with E-state index in [2.05, 4.69) is 53.2 Å². The summed E-state index contributed by atoms with van der Waals surface area (Å²) < 4.78 is 2.08. The monoisotopic (exact) mass is 408 g/mol. The lowest BCUT2D eigenvalue weighted by atomic mass is 10.2. The number of halogens is 3. The number of anilines is 1. The van der Waals surface area contributed by atoms with Crippen LogP contribution in [-0.2, 0) is 12.4 Å². The van der Waals surface area contributed by atoms with Crippen molar-refractivity contribution in [1.82, 2.24) is 4.98 Å². The maximum absolute atomic E-state index is 5.96. The van der Waals surface area contributed by atoms with Crippen LogP contribution in [0.4, 0.5) is 5.82 Å². The Morgan fingerprint density at radius 1 is 1.33 bits per heavy atom. The maximum atomic E-state index is 5.96. The van der Waals surface area contributed by atoms with E-state index in [1.54, 1.807) is 17.5 Å². The highest BCUT2D eigenvalue weighted by Crippen LogP contribution is 2.26. The minimum absolute atomic E-state index is 0.459. The zero-order chi connectivity index (χ0) is 13.1. The van der Waals surface area contributed by atoms with Gasteiger partial charge in [0.05, 0.1) is 12.4 Å². The van der Waals surface area contributed by atoms with Gasteiger partial charge in [-0.25, -0.2) is 4.98 Å². The van der Waals surface area contributed by atoms with Crippen molar-refractivity contribution in [3.05, 3.63) is 43.1 Å². The smallest absolute Gasteiger partial charge is 0.133 e. The molecular formula is C12H11Br2ClN2S. The molecule has 0 saturated heterocycles. The first-order chi connectivity index (χ1) is 8.60. The minimum Gasteiger partial charge on any atom is -0.354 e. The summed E-state index contributed by atoms with van der Waals surface area (Å²) in [5.74, 6) is 1.39. The molecule has 0 spiro atoms. The summed E-state index contributed by atoms with van der Waals surface area (Å²) in [4.78, 5) is 7.84. The molecule has 0 aliphatic heterocycles. The van der Waals surface area contributed by atoms with Crippen LogP contribution in [-0.4, -0.2) is 12.0 Å². The lowest BCUT2D eigenvalue weighted by molar-refractivity contribution is 0.901. The summed E-state index contributed by atoms with van der Waals surface area (Å²) in [6.45, 7) is 0.828. The molecule has 0 bridgehead atoms. The van der Waals surface area contributed by atoms with E-state index >= 15 is 0 Å². The molecule has 0 unspecified atom stereocenters. The van der Waals surface area contributed by atoms with E-state index in [4.69, 9.17) is 11.6 Å². The second-order valence-electron chi connectivity index (χ2n) is 3.86. The molecule has 0 aromatic carbocycles. The molecule has 2 rings (SSSR count). The van der Waals surface area contributed by atoms with Crippen LogP contribution in [0.25, 0.3) is 0 Å². The number of rotatable bonds is 4. The molecule has 2 heterocycles. The Labute approximate surface area is 132 Å². The normalized spacial score (nSPS) is 10.7. The van der Waals surface area contributed by atoms with Gasteiger partial charge >= 0.3 is 0 Å². The van der Waals surface area contributed by atoms with Gasteiger partial charge in [-0.05, 0) is 44.0 Å². The van der Waals surface area contributed by atoms with Gasteiger partial charge < -0.3 is 4.90 Å². The zero-order valence-corrected chi connectivity index (χ0v) is 14.4. The van der Waals surface area contributed by atoms with Gasteiger partial charge in [0.1, 0.15) is 5.82 Å². The average molecular weight is 411 g/mol. The molecule has 0 fully saturated rings. The molecule has 18 heavy (non-hydrogen) atoms. The van der Waals surface area contributed by atoms with Crippen LogP contribution >= 0.6 is 54.8 Å². The van der Waals surface area contributed by atoms with Gasteiger partial charge in [0.25, 0.3) is 0 Å². The van der Waals surface area contributed by atoms with Crippen molar-refractivity contribution in [3.8, 4) is 0 Å². The number of thiophene rings is 1. The first-order valence-corrected chi connectivity index (χ1v) is 8.24. The van der Waals surface area contributed by atoms with Crippen LogP contribution in [0.3, 0.4) is 0 Å². The van der Waals surface area contributed by atoms with Crippen molar-refractivity contribution in [2.45, 2.75) is 12.4 Å². The quantitative estimate of drug-likeness (QED) is 0.656. The van der Waals surface area contributed by atoms with Gasteiger partial charge in [0.2, 0.25) is 0 Å². The summed E-state index contributed by atoms with van der Waals surface area (Å²) in [6, 6.07) is 4.14. The number of alkyl halides is 1. The summed E-state index contributed by atoms with van der Waals surface area (Å²) in [5.41, 5.74) is 1.03. The Kier molecular flexibility index (Phi) is 5.06. The highest BCUT2D eigenvalue weighted by atomic mass is 79.9. The molecule has 2 aromatic heterocycles. The van der Waals surface area contributed by atoms with E-state index in [0.717, 1.165) is 26.9 Å². The molecule has 0 amide bonds. The number of nitrogens with zero attached hydrogens (tertiary/aromatic N) is 2. The third kappa shape index (κ3) is 3.47. The Hall–Kier alpha value is -0.100. The standard InChI is InChI=1S/C12H11Br2ClN2S/c1-17(6-11-3-10(14)7-18-11)12-8(4-15)2-9(13)5-16-12/h2-3,5,7H,4,6H2,1H3. The molecule has 0 aliphatic rings. The lowest BCUT2D eigenvalue weighted by Crippen LogP contribution is -2.18. The zero-order valence-electron chi connectivity index (χ0n) is 9.66. The molecule has 96 valence electrons. The molecular weight excluding hydrogens is 399 g/mol. The van der Waals surface area contributed by atoms with Gasteiger partial charge in [-0.1, -0.05) is 0 Å². The van der Waals surface area contributed by atoms with E-state index < -0.39 is 0 Å². The van der Waals surface area contributed by atoms with E-state index in [-0.39, 0.29) is 0 Å². The van der Waals surface area contributed by atoms with Gasteiger partial charge in [-0.15, -0.1) is 22.9 Å². The summed E-state index contributed by atoms with van der Waals surface area (Å²) >= 11 is 14.6. The van der Waals surface area contributed by atoms with Crippen LogP contribution in [0.1, 0.15) is 10.4 Å². The van der Waals surface area contributed by atoms with E-state index in [1.165, 1.54) is 4.88 Å². The first-order valence-electron chi connectivity index (χ1n) is 5.24. The van der Waals surface area contributed by atoms with Crippen molar-refractivity contribution in [3.63, 3.8) is 0 Å². The first kappa shape index (κ1) is 14.3. The third-order valence-corrected chi connectivity index (χ3v) is 4.83. The van der Waals surface area contributed by atoms with Crippen LogP contribution in [0.5, 0.6) is 0 Å². The van der Waals surface area contributed by atoms with Gasteiger partial charge in [0, 0.05) is 38.0 Å². The summed E-state index contributed by atoms with van der Waals surface area (Å²) in [5, 5.41) is 2.08. The average Bonchev–Trinajstić information content (AvgIpc) is 2.74. The van der Waals surface area contributed by atoms with Crippen molar-refractivity contribution in [2.75, 3.05) is 11.9 Å². The second kappa shape index (κ2) is 6.37. The summed E-state index contributed by atoms with van der Waals surface area (Å²) in [7, 11) is 2.03. The third-order valence-electron chi connectivity index (χ3n) is 2.43. The molecule has 2 nitrogen and oxygen atoms in total. The SMILES string of the molecule is CN(Cc1cc(Br)cs1)c1ncc(Br)cc1CCl.